The Kier molecular flexibility index (Phi) is 1.65. The Morgan fingerprint density at radius 3 is 2.25 bits per heavy atom. The number of hydrogen-bond donors (Lipinski definition) is 0. The predicted molar refractivity (Wildman–Crippen MR) is 53.0 cm³/mol. The smallest absolute Gasteiger partial charge is 0.0111 e. The van der Waals surface area contributed by atoms with E-state index in [1.54, 1.807) is 11.1 Å². The van der Waals surface area contributed by atoms with Gasteiger partial charge in [0.05, 0.1) is 0 Å². The second-order valence-electron chi connectivity index (χ2n) is 5.34. The lowest BCUT2D eigenvalue weighted by Crippen LogP contribution is -2.23. The number of fused-ring (bicyclic) bond motifs is 2. The van der Waals surface area contributed by atoms with Gasteiger partial charge in [-0.1, -0.05) is 25.0 Å². The average molecular weight is 164 g/mol. The molecule has 0 spiro atoms. The first kappa shape index (κ1) is 8.34. The highest BCUT2D eigenvalue weighted by molar-refractivity contribution is 5.29. The van der Waals surface area contributed by atoms with Crippen LogP contribution in [0.5, 0.6) is 0 Å². The van der Waals surface area contributed by atoms with Crippen molar-refractivity contribution in [3.63, 3.8) is 0 Å². The second-order valence-corrected chi connectivity index (χ2v) is 5.34. The summed E-state index contributed by atoms with van der Waals surface area (Å²) in [6.07, 6.45) is 4.43. The van der Waals surface area contributed by atoms with Crippen LogP contribution >= 0.6 is 0 Å². The van der Waals surface area contributed by atoms with Gasteiger partial charge in [-0.05, 0) is 50.4 Å². The predicted octanol–water partition coefficient (Wildman–Crippen LogP) is 3.78. The second kappa shape index (κ2) is 2.37. The Bertz CT molecular complexity index is 228. The van der Waals surface area contributed by atoms with Gasteiger partial charge < -0.3 is 0 Å². The van der Waals surface area contributed by atoms with Gasteiger partial charge in [0, 0.05) is 0 Å². The van der Waals surface area contributed by atoms with Crippen LogP contribution in [-0.2, 0) is 0 Å². The highest BCUT2D eigenvalue weighted by atomic mass is 14.5. The molecule has 0 nitrogen and oxygen atoms in total. The Hall–Kier alpha value is -0.260. The minimum absolute atomic E-state index is 0.530. The summed E-state index contributed by atoms with van der Waals surface area (Å²) in [5.74, 6) is 1.95. The quantitative estimate of drug-likeness (QED) is 0.478. The molecule has 2 saturated carbocycles. The molecule has 0 unspecified atom stereocenters. The van der Waals surface area contributed by atoms with E-state index in [4.69, 9.17) is 0 Å². The van der Waals surface area contributed by atoms with Crippen molar-refractivity contribution < 1.29 is 0 Å². The molecule has 0 N–H and O–H groups in total. The molecule has 2 aliphatic rings. The van der Waals surface area contributed by atoms with Crippen LogP contribution in [0.3, 0.4) is 0 Å². The van der Waals surface area contributed by atoms with Crippen LogP contribution in [0, 0.1) is 17.3 Å². The van der Waals surface area contributed by atoms with Gasteiger partial charge in [-0.25, -0.2) is 0 Å². The van der Waals surface area contributed by atoms with Crippen LogP contribution in [0.1, 0.15) is 47.0 Å². The highest BCUT2D eigenvalue weighted by Crippen LogP contribution is 2.59. The standard InChI is InChI=1S/C12H20/c1-8(2)11-9-5-6-10(7-9)12(11,3)4/h9-10H,5-7H2,1-4H3/t9-,10+/m1/s1. The maximum Gasteiger partial charge on any atom is -0.0111 e. The Morgan fingerprint density at radius 2 is 1.92 bits per heavy atom. The molecule has 0 amide bonds. The van der Waals surface area contributed by atoms with Gasteiger partial charge in [0.25, 0.3) is 0 Å². The van der Waals surface area contributed by atoms with Crippen LogP contribution in [0.25, 0.3) is 0 Å². The minimum atomic E-state index is 0.530. The molecule has 68 valence electrons. The number of rotatable bonds is 0. The largest absolute Gasteiger partial charge is 0.0764 e. The Balaban J connectivity index is 2.42. The van der Waals surface area contributed by atoms with Crippen molar-refractivity contribution in [3.05, 3.63) is 11.1 Å². The molecule has 2 bridgehead atoms. The topological polar surface area (TPSA) is 0 Å². The first-order chi connectivity index (χ1) is 5.53. The molecular formula is C12H20. The van der Waals surface area contributed by atoms with E-state index in [2.05, 4.69) is 27.7 Å². The summed E-state index contributed by atoms with van der Waals surface area (Å²) in [4.78, 5) is 0. The van der Waals surface area contributed by atoms with Gasteiger partial charge in [0.15, 0.2) is 0 Å². The molecule has 2 fully saturated rings. The Labute approximate surface area is 76.1 Å². The van der Waals surface area contributed by atoms with Gasteiger partial charge in [0.1, 0.15) is 0 Å². The lowest BCUT2D eigenvalue weighted by atomic mass is 9.71. The van der Waals surface area contributed by atoms with Crippen molar-refractivity contribution in [2.45, 2.75) is 47.0 Å². The van der Waals surface area contributed by atoms with E-state index in [0.717, 1.165) is 11.8 Å². The molecule has 0 aromatic heterocycles. The lowest BCUT2D eigenvalue weighted by molar-refractivity contribution is 0.285. The van der Waals surface area contributed by atoms with Crippen molar-refractivity contribution in [2.75, 3.05) is 0 Å². The maximum atomic E-state index is 2.44. The van der Waals surface area contributed by atoms with Crippen molar-refractivity contribution in [2.24, 2.45) is 17.3 Å². The van der Waals surface area contributed by atoms with Crippen LogP contribution in [0.15, 0.2) is 11.1 Å². The third-order valence-electron chi connectivity index (χ3n) is 4.09. The normalized spacial score (nSPS) is 37.5. The average Bonchev–Trinajstić information content (AvgIpc) is 2.41. The van der Waals surface area contributed by atoms with E-state index in [9.17, 15) is 0 Å². The minimum Gasteiger partial charge on any atom is -0.0764 e. The molecular weight excluding hydrogens is 144 g/mol. The van der Waals surface area contributed by atoms with Gasteiger partial charge in [-0.3, -0.25) is 0 Å². The summed E-state index contributed by atoms with van der Waals surface area (Å²) < 4.78 is 0. The molecule has 2 atom stereocenters. The molecule has 0 saturated heterocycles. The van der Waals surface area contributed by atoms with E-state index in [1.807, 2.05) is 0 Å². The van der Waals surface area contributed by atoms with Crippen LogP contribution < -0.4 is 0 Å². The van der Waals surface area contributed by atoms with Crippen LogP contribution in [0.4, 0.5) is 0 Å². The molecule has 0 aromatic rings. The Morgan fingerprint density at radius 1 is 1.25 bits per heavy atom. The van der Waals surface area contributed by atoms with E-state index in [-0.39, 0.29) is 0 Å². The molecule has 0 heteroatoms. The molecule has 0 aliphatic heterocycles. The molecule has 2 rings (SSSR count). The zero-order chi connectivity index (χ0) is 8.93. The maximum absolute atomic E-state index is 2.44. The summed E-state index contributed by atoms with van der Waals surface area (Å²) in [7, 11) is 0. The zero-order valence-corrected chi connectivity index (χ0v) is 8.78. The van der Waals surface area contributed by atoms with Crippen molar-refractivity contribution in [3.8, 4) is 0 Å². The third-order valence-corrected chi connectivity index (χ3v) is 4.09. The molecule has 0 aromatic carbocycles. The number of hydrogen-bond acceptors (Lipinski definition) is 0. The SMILES string of the molecule is CC(C)=C1[C@@H]2CC[C@@H](C2)C1(C)C. The third kappa shape index (κ3) is 0.901. The van der Waals surface area contributed by atoms with Gasteiger partial charge in [-0.2, -0.15) is 0 Å². The molecule has 0 radical (unpaired) electrons. The zero-order valence-electron chi connectivity index (χ0n) is 8.78. The summed E-state index contributed by atoms with van der Waals surface area (Å²) in [5.41, 5.74) is 3.91. The van der Waals surface area contributed by atoms with Crippen molar-refractivity contribution >= 4 is 0 Å². The van der Waals surface area contributed by atoms with E-state index in [1.165, 1.54) is 19.3 Å². The fourth-order valence-electron chi connectivity index (χ4n) is 3.70. The molecule has 2 aliphatic carbocycles. The van der Waals surface area contributed by atoms with Gasteiger partial charge in [0.2, 0.25) is 0 Å². The first-order valence-corrected chi connectivity index (χ1v) is 5.21. The summed E-state index contributed by atoms with van der Waals surface area (Å²) >= 11 is 0. The van der Waals surface area contributed by atoms with E-state index >= 15 is 0 Å². The lowest BCUT2D eigenvalue weighted by Gasteiger charge is -2.34. The monoisotopic (exact) mass is 164 g/mol. The van der Waals surface area contributed by atoms with Crippen LogP contribution in [-0.4, -0.2) is 0 Å². The molecule has 0 heterocycles. The van der Waals surface area contributed by atoms with Crippen molar-refractivity contribution in [1.82, 2.24) is 0 Å². The van der Waals surface area contributed by atoms with E-state index in [0.29, 0.717) is 5.41 Å². The van der Waals surface area contributed by atoms with Gasteiger partial charge in [-0.15, -0.1) is 0 Å². The summed E-state index contributed by atoms with van der Waals surface area (Å²) in [6.45, 7) is 9.47. The summed E-state index contributed by atoms with van der Waals surface area (Å²) in [6, 6.07) is 0. The van der Waals surface area contributed by atoms with Crippen molar-refractivity contribution in [1.29, 1.82) is 0 Å². The van der Waals surface area contributed by atoms with Crippen LogP contribution in [0.2, 0.25) is 0 Å². The first-order valence-electron chi connectivity index (χ1n) is 5.21. The number of allylic oxidation sites excluding steroid dienone is 2. The fourth-order valence-corrected chi connectivity index (χ4v) is 3.70. The molecule has 12 heavy (non-hydrogen) atoms. The highest BCUT2D eigenvalue weighted by Gasteiger charge is 2.48. The van der Waals surface area contributed by atoms with E-state index < -0.39 is 0 Å². The summed E-state index contributed by atoms with van der Waals surface area (Å²) in [5, 5.41) is 0. The fraction of sp³-hybridized carbons (Fsp3) is 0.833. The van der Waals surface area contributed by atoms with Gasteiger partial charge >= 0.3 is 0 Å².